The van der Waals surface area contributed by atoms with Crippen LogP contribution in [0, 0.1) is 0 Å². The van der Waals surface area contributed by atoms with Crippen molar-refractivity contribution in [2.45, 2.75) is 57.1 Å². The summed E-state index contributed by atoms with van der Waals surface area (Å²) in [5.41, 5.74) is -0.509. The van der Waals surface area contributed by atoms with Crippen molar-refractivity contribution in [3.63, 3.8) is 0 Å². The second-order valence-electron chi connectivity index (χ2n) is 8.71. The second-order valence-corrected chi connectivity index (χ2v) is 8.71. The van der Waals surface area contributed by atoms with Crippen molar-refractivity contribution in [2.75, 3.05) is 6.61 Å². The van der Waals surface area contributed by atoms with Gasteiger partial charge in [0.05, 0.1) is 22.9 Å². The Morgan fingerprint density at radius 3 is 2.68 bits per heavy atom. The van der Waals surface area contributed by atoms with Crippen molar-refractivity contribution in [1.82, 2.24) is 9.13 Å². The number of rotatable bonds is 3. The minimum absolute atomic E-state index is 0.0728. The fourth-order valence-electron chi connectivity index (χ4n) is 5.93. The number of ether oxygens (including phenoxy) is 1. The molecule has 3 heterocycles. The molecule has 31 heavy (non-hydrogen) atoms. The molecule has 1 N–H and O–H groups in total. The highest BCUT2D eigenvalue weighted by Gasteiger charge is 2.61. The van der Waals surface area contributed by atoms with Crippen LogP contribution in [-0.2, 0) is 39.8 Å². The van der Waals surface area contributed by atoms with E-state index in [1.54, 1.807) is 11.5 Å². The summed E-state index contributed by atoms with van der Waals surface area (Å²) >= 11 is 0. The summed E-state index contributed by atoms with van der Waals surface area (Å²) in [7, 11) is 1.88. The number of ketones is 1. The summed E-state index contributed by atoms with van der Waals surface area (Å²) in [5.74, 6) is -1.45. The van der Waals surface area contributed by atoms with Gasteiger partial charge in [-0.15, -0.1) is 0 Å². The molecule has 0 radical (unpaired) electrons. The van der Waals surface area contributed by atoms with Gasteiger partial charge in [0.2, 0.25) is 5.60 Å². The van der Waals surface area contributed by atoms with Gasteiger partial charge in [-0.25, -0.2) is 4.79 Å². The Kier molecular flexibility index (Phi) is 4.21. The number of fused-ring (bicyclic) bond motifs is 4. The Balaban J connectivity index is 1.98. The molecule has 0 saturated carbocycles. The molecule has 0 bridgehead atoms. The number of carbonyl (C=O) groups excluding carboxylic acids is 2. The molecule has 5 rings (SSSR count). The summed E-state index contributed by atoms with van der Waals surface area (Å²) in [4.78, 5) is 40.3. The Labute approximate surface area is 179 Å². The van der Waals surface area contributed by atoms with Gasteiger partial charge in [-0.1, -0.05) is 25.1 Å². The summed E-state index contributed by atoms with van der Waals surface area (Å²) < 4.78 is 8.81. The Morgan fingerprint density at radius 2 is 1.97 bits per heavy atom. The highest BCUT2D eigenvalue weighted by Crippen LogP contribution is 2.49. The van der Waals surface area contributed by atoms with Gasteiger partial charge in [-0.05, 0) is 32.3 Å². The number of aromatic nitrogens is 2. The average Bonchev–Trinajstić information content (AvgIpc) is 3.08. The Hall–Kier alpha value is -2.93. The molecule has 7 heteroatoms. The van der Waals surface area contributed by atoms with Crippen molar-refractivity contribution in [3.05, 3.63) is 45.9 Å². The van der Waals surface area contributed by atoms with Crippen LogP contribution in [0.2, 0.25) is 0 Å². The van der Waals surface area contributed by atoms with Crippen molar-refractivity contribution in [3.8, 4) is 0 Å². The maximum absolute atomic E-state index is 13.7. The van der Waals surface area contributed by atoms with Crippen molar-refractivity contribution >= 4 is 33.6 Å². The predicted octanol–water partition coefficient (Wildman–Crippen LogP) is 2.35. The number of carbonyl (C=O) groups is 2. The van der Waals surface area contributed by atoms with Gasteiger partial charge in [0.1, 0.15) is 0 Å². The van der Waals surface area contributed by atoms with E-state index in [0.29, 0.717) is 48.0 Å². The monoisotopic (exact) mass is 422 g/mol. The number of benzene rings is 1. The number of aryl methyl sites for hydroxylation is 1. The number of para-hydroxylation sites is 1. The maximum atomic E-state index is 13.7. The molecule has 0 fully saturated rings. The van der Waals surface area contributed by atoms with E-state index in [1.807, 2.05) is 42.8 Å². The normalized spacial score (nSPS) is 25.1. The Bertz CT molecular complexity index is 1330. The topological polar surface area (TPSA) is 90.5 Å². The van der Waals surface area contributed by atoms with Crippen molar-refractivity contribution < 1.29 is 19.4 Å². The van der Waals surface area contributed by atoms with E-state index in [9.17, 15) is 19.5 Å². The molecule has 1 aliphatic heterocycles. The highest BCUT2D eigenvalue weighted by molar-refractivity contribution is 6.15. The summed E-state index contributed by atoms with van der Waals surface area (Å²) in [6, 6.07) is 7.68. The first-order valence-corrected chi connectivity index (χ1v) is 10.9. The fourth-order valence-corrected chi connectivity index (χ4v) is 5.93. The average molecular weight is 422 g/mol. The number of hydrogen-bond donors (Lipinski definition) is 1. The number of Topliss-reactive ketones (excluding diaryl/α,β-unsaturated/α-hetero) is 1. The molecule has 0 amide bonds. The molecule has 7 nitrogen and oxygen atoms in total. The second kappa shape index (κ2) is 6.53. The van der Waals surface area contributed by atoms with E-state index in [0.717, 1.165) is 10.9 Å². The van der Waals surface area contributed by atoms with Crippen LogP contribution in [0.4, 0.5) is 0 Å². The molecule has 1 aromatic carbocycles. The first kappa shape index (κ1) is 20.0. The van der Waals surface area contributed by atoms with E-state index in [-0.39, 0.29) is 18.6 Å². The van der Waals surface area contributed by atoms with Gasteiger partial charge in [-0.3, -0.25) is 9.59 Å². The fraction of sp³-hybridized carbons (Fsp3) is 0.458. The Morgan fingerprint density at radius 1 is 1.23 bits per heavy atom. The zero-order chi connectivity index (χ0) is 22.1. The van der Waals surface area contributed by atoms with Crippen LogP contribution in [0.5, 0.6) is 0 Å². The molecule has 162 valence electrons. The molecule has 0 unspecified atom stereocenters. The quantitative estimate of drug-likeness (QED) is 0.517. The highest BCUT2D eigenvalue weighted by atomic mass is 16.5. The van der Waals surface area contributed by atoms with E-state index < -0.39 is 22.8 Å². The number of hydrogen-bond acceptors (Lipinski definition) is 5. The minimum atomic E-state index is -2.26. The van der Waals surface area contributed by atoms with Gasteiger partial charge in [-0.2, -0.15) is 0 Å². The van der Waals surface area contributed by atoms with E-state index in [1.165, 1.54) is 0 Å². The summed E-state index contributed by atoms with van der Waals surface area (Å²) in [6.07, 6.45) is 1.32. The van der Waals surface area contributed by atoms with Gasteiger partial charge >= 0.3 is 5.97 Å². The van der Waals surface area contributed by atoms with E-state index in [2.05, 4.69) is 0 Å². The number of pyridine rings is 1. The molecule has 0 saturated heterocycles. The molecular weight excluding hydrogens is 396 g/mol. The van der Waals surface area contributed by atoms with Gasteiger partial charge in [0.15, 0.2) is 5.78 Å². The first-order chi connectivity index (χ1) is 14.8. The van der Waals surface area contributed by atoms with Gasteiger partial charge in [0, 0.05) is 42.2 Å². The van der Waals surface area contributed by atoms with Crippen LogP contribution < -0.4 is 5.56 Å². The lowest BCUT2D eigenvalue weighted by Gasteiger charge is -2.46. The van der Waals surface area contributed by atoms with Crippen molar-refractivity contribution in [2.24, 2.45) is 7.05 Å². The number of aliphatic hydroxyl groups is 1. The third-order valence-corrected chi connectivity index (χ3v) is 7.31. The molecular formula is C24H26N2O5. The molecule has 3 aromatic rings. The molecule has 0 spiro atoms. The van der Waals surface area contributed by atoms with E-state index >= 15 is 0 Å². The number of esters is 1. The largest absolute Gasteiger partial charge is 0.464 e. The zero-order valence-electron chi connectivity index (χ0n) is 18.0. The van der Waals surface area contributed by atoms with Crippen molar-refractivity contribution in [1.29, 1.82) is 0 Å². The lowest BCUT2D eigenvalue weighted by molar-refractivity contribution is -0.174. The number of nitrogens with zero attached hydrogens (tertiary/aromatic N) is 2. The lowest BCUT2D eigenvalue weighted by Crippen LogP contribution is -2.63. The maximum Gasteiger partial charge on any atom is 0.346 e. The third-order valence-electron chi connectivity index (χ3n) is 7.31. The molecule has 1 aliphatic carbocycles. The van der Waals surface area contributed by atoms with Gasteiger partial charge < -0.3 is 19.0 Å². The smallest absolute Gasteiger partial charge is 0.346 e. The van der Waals surface area contributed by atoms with Crippen LogP contribution in [0.3, 0.4) is 0 Å². The van der Waals surface area contributed by atoms with Gasteiger partial charge in [0.25, 0.3) is 5.56 Å². The molecule has 2 aromatic heterocycles. The molecule has 2 aliphatic rings. The summed E-state index contributed by atoms with van der Waals surface area (Å²) in [5, 5.41) is 12.9. The lowest BCUT2D eigenvalue weighted by atomic mass is 9.60. The summed E-state index contributed by atoms with van der Waals surface area (Å²) in [6.45, 7) is 4.12. The van der Waals surface area contributed by atoms with Crippen LogP contribution in [0.25, 0.3) is 21.8 Å². The minimum Gasteiger partial charge on any atom is -0.464 e. The molecule has 2 atom stereocenters. The zero-order valence-corrected chi connectivity index (χ0v) is 18.0. The third kappa shape index (κ3) is 2.30. The van der Waals surface area contributed by atoms with Crippen LogP contribution in [0.1, 0.15) is 44.4 Å². The van der Waals surface area contributed by atoms with Crippen LogP contribution >= 0.6 is 0 Å². The van der Waals surface area contributed by atoms with Crippen LogP contribution in [-0.4, -0.2) is 38.2 Å². The SMILES string of the molecule is CCOC(=O)[C@@]1(O)Cc2c3n(c(=O)c4c5ccccc5n(C)c24)CCC[C@]3(CC)C1=O. The standard InChI is InChI=1S/C24H26N2O5/c1-4-23-11-8-12-26-19(23)15(13-24(30,21(23)28)22(29)31-5-2)18-17(20(26)27)14-9-6-7-10-16(14)25(18)3/h6-7,9-10,30H,4-5,8,11-13H2,1-3H3/t23-,24+/m0/s1. The predicted molar refractivity (Wildman–Crippen MR) is 116 cm³/mol. The van der Waals surface area contributed by atoms with E-state index in [4.69, 9.17) is 4.74 Å². The van der Waals surface area contributed by atoms with Crippen LogP contribution in [0.15, 0.2) is 29.1 Å². The first-order valence-electron chi connectivity index (χ1n) is 10.9.